The number of carbonyl (C=O) groups is 6. The number of phenolic OH excluding ortho intramolecular Hbond substituents is 1. The van der Waals surface area contributed by atoms with Gasteiger partial charge in [0.25, 0.3) is 0 Å². The third-order valence-corrected chi connectivity index (χ3v) is 11.7. The molecule has 3 heterocycles. The molecule has 68 heavy (non-hydrogen) atoms. The van der Waals surface area contributed by atoms with Crippen molar-refractivity contribution in [1.29, 1.82) is 0 Å². The van der Waals surface area contributed by atoms with E-state index in [0.29, 0.717) is 11.1 Å². The number of phenols is 1. The summed E-state index contributed by atoms with van der Waals surface area (Å²) in [6, 6.07) is 2.08. The van der Waals surface area contributed by atoms with Gasteiger partial charge in [0, 0.05) is 12.8 Å². The van der Waals surface area contributed by atoms with Gasteiger partial charge in [-0.15, -0.1) is 0 Å². The number of guanidine groups is 2. The fraction of sp³-hybridized carbons (Fsp3) is 0.512. The van der Waals surface area contributed by atoms with Crippen molar-refractivity contribution in [1.82, 2.24) is 36.8 Å². The molecular formula is C41H58N12O15. The van der Waals surface area contributed by atoms with E-state index in [4.69, 9.17) is 21.9 Å². The van der Waals surface area contributed by atoms with Crippen LogP contribution in [0.3, 0.4) is 0 Å². The summed E-state index contributed by atoms with van der Waals surface area (Å²) in [6.07, 6.45) is -9.32. The average molecular weight is 959 g/mol. The molecule has 20 N–H and O–H groups in total. The lowest BCUT2D eigenvalue weighted by atomic mass is 9.77. The van der Waals surface area contributed by atoms with Crippen LogP contribution in [0.15, 0.2) is 64.6 Å². The van der Waals surface area contributed by atoms with Crippen molar-refractivity contribution in [3.8, 4) is 5.75 Å². The molecule has 3 aliphatic rings. The first-order chi connectivity index (χ1) is 32.4. The van der Waals surface area contributed by atoms with Crippen LogP contribution in [0.4, 0.5) is 0 Å². The van der Waals surface area contributed by atoms with Crippen LogP contribution in [0.2, 0.25) is 0 Å². The second-order valence-corrected chi connectivity index (χ2v) is 16.2. The highest BCUT2D eigenvalue weighted by atomic mass is 16.6. The summed E-state index contributed by atoms with van der Waals surface area (Å²) in [5.41, 5.74) is 15.9. The van der Waals surface area contributed by atoms with Gasteiger partial charge in [-0.25, -0.2) is 0 Å². The van der Waals surface area contributed by atoms with Gasteiger partial charge in [-0.2, -0.15) is 0 Å². The SMILES string of the molecule is NCC(=O)N[C@@H](Cc1ccccc1)C(=O)N[C@@H](Cc1ccc(O)cc1)C(=O)N[C@@H](CO)C(=O)N[C@H](C(=O)N[C@H](C=O)CO)C(O)(C1CN=C(N)N1)C1CN=C(N)N1C1OC(CO)C(O)C(O)C1O. The zero-order valence-corrected chi connectivity index (χ0v) is 36.4. The third-order valence-electron chi connectivity index (χ3n) is 11.7. The Kier molecular flexibility index (Phi) is 18.1. The molecule has 0 bridgehead atoms. The number of aliphatic hydroxyl groups is 7. The molecular weight excluding hydrogens is 901 g/mol. The molecule has 27 heteroatoms. The number of aliphatic imine (C=N–C) groups is 2. The van der Waals surface area contributed by atoms with Crippen LogP contribution in [-0.2, 0) is 46.3 Å². The number of carbonyl (C=O) groups excluding carboxylic acids is 6. The van der Waals surface area contributed by atoms with E-state index in [0.717, 1.165) is 4.90 Å². The van der Waals surface area contributed by atoms with Crippen LogP contribution < -0.4 is 49.1 Å². The number of amides is 5. The van der Waals surface area contributed by atoms with Crippen molar-refractivity contribution in [2.75, 3.05) is 39.5 Å². The second kappa shape index (κ2) is 23.4. The summed E-state index contributed by atoms with van der Waals surface area (Å²) in [4.78, 5) is 90.3. The number of ether oxygens (including phenoxy) is 1. The molecule has 0 aromatic heterocycles. The molecule has 1 fully saturated rings. The van der Waals surface area contributed by atoms with Crippen LogP contribution in [-0.4, -0.2) is 211 Å². The van der Waals surface area contributed by atoms with Gasteiger partial charge in [0.1, 0.15) is 72.3 Å². The molecule has 0 spiro atoms. The fourth-order valence-corrected chi connectivity index (χ4v) is 8.00. The summed E-state index contributed by atoms with van der Waals surface area (Å²) in [5, 5.41) is 100. The van der Waals surface area contributed by atoms with Crippen LogP contribution in [0.5, 0.6) is 5.75 Å². The predicted octanol–water partition coefficient (Wildman–Crippen LogP) is -9.44. The number of hydrogen-bond acceptors (Lipinski definition) is 22. The smallest absolute Gasteiger partial charge is 0.246 e. The normalized spacial score (nSPS) is 25.4. The molecule has 13 atom stereocenters. The highest BCUT2D eigenvalue weighted by molar-refractivity contribution is 5.97. The highest BCUT2D eigenvalue weighted by Crippen LogP contribution is 2.35. The van der Waals surface area contributed by atoms with Crippen molar-refractivity contribution in [2.45, 2.75) is 91.4 Å². The molecule has 0 aliphatic carbocycles. The summed E-state index contributed by atoms with van der Waals surface area (Å²) < 4.78 is 5.74. The minimum atomic E-state index is -2.82. The van der Waals surface area contributed by atoms with Crippen molar-refractivity contribution in [3.05, 3.63) is 65.7 Å². The molecule has 3 aliphatic heterocycles. The Balaban J connectivity index is 1.50. The monoisotopic (exact) mass is 958 g/mol. The van der Waals surface area contributed by atoms with E-state index >= 15 is 0 Å². The van der Waals surface area contributed by atoms with Gasteiger partial charge < -0.3 is 104 Å². The van der Waals surface area contributed by atoms with Crippen molar-refractivity contribution in [2.24, 2.45) is 27.2 Å². The van der Waals surface area contributed by atoms with Gasteiger partial charge in [0.2, 0.25) is 29.5 Å². The Labute approximate surface area is 387 Å². The Morgan fingerprint density at radius 2 is 1.38 bits per heavy atom. The third kappa shape index (κ3) is 12.1. The zero-order valence-electron chi connectivity index (χ0n) is 36.4. The molecule has 0 saturated carbocycles. The molecule has 27 nitrogen and oxygen atoms in total. The van der Waals surface area contributed by atoms with Gasteiger partial charge >= 0.3 is 0 Å². The van der Waals surface area contributed by atoms with E-state index in [1.165, 1.54) is 24.3 Å². The number of hydrogen-bond donors (Lipinski definition) is 17. The summed E-state index contributed by atoms with van der Waals surface area (Å²) >= 11 is 0. The number of nitrogens with two attached hydrogens (primary N) is 3. The summed E-state index contributed by atoms with van der Waals surface area (Å²) in [5.74, 6) is -6.22. The molecule has 372 valence electrons. The molecule has 2 aromatic rings. The predicted molar refractivity (Wildman–Crippen MR) is 235 cm³/mol. The number of aldehydes is 1. The Morgan fingerprint density at radius 3 is 1.94 bits per heavy atom. The van der Waals surface area contributed by atoms with Crippen molar-refractivity contribution >= 4 is 47.7 Å². The molecule has 8 unspecified atom stereocenters. The van der Waals surface area contributed by atoms with E-state index in [2.05, 4.69) is 41.9 Å². The highest BCUT2D eigenvalue weighted by Gasteiger charge is 2.61. The van der Waals surface area contributed by atoms with Crippen molar-refractivity contribution in [3.63, 3.8) is 0 Å². The number of nitrogens with zero attached hydrogens (tertiary/aromatic N) is 3. The maximum Gasteiger partial charge on any atom is 0.246 e. The second-order valence-electron chi connectivity index (χ2n) is 16.2. The standard InChI is InChI=1S/C41H58N12O15/c42-12-29(59)48-23(10-19-4-2-1-3-5-19)34(63)49-24(11-20-6-8-22(58)9-7-20)35(64)50-25(17-56)36(65)52-33(37(66)47-21(15-54)16-55)41(67,27-13-45-39(43)51-27)28-14-46-40(44)53(28)38-32(62)31(61)30(60)26(18-57)68-38/h1-9,15,21,23-28,30-33,38,55-58,60-62,67H,10-14,16-18,42H2,(H2,44,46)(H,47,66)(H,48,59)(H,49,63)(H,50,64)(H,52,65)(H3,43,45,51)/t21-,23+,24+,25+,26?,27?,28?,30?,31?,32?,33-,38?,41?/m1/s1. The van der Waals surface area contributed by atoms with E-state index in [9.17, 15) is 69.6 Å². The Morgan fingerprint density at radius 1 is 0.779 bits per heavy atom. The summed E-state index contributed by atoms with van der Waals surface area (Å²) in [6.45, 7) is -4.48. The Hall–Kier alpha value is -6.56. The number of aliphatic hydroxyl groups excluding tert-OH is 6. The number of rotatable bonds is 22. The maximum absolute atomic E-state index is 14.4. The first kappa shape index (κ1) is 52.4. The van der Waals surface area contributed by atoms with E-state index in [1.807, 2.05) is 0 Å². The minimum Gasteiger partial charge on any atom is -0.508 e. The maximum atomic E-state index is 14.4. The molecule has 5 amide bonds. The van der Waals surface area contributed by atoms with Gasteiger partial charge in [0.05, 0.1) is 51.5 Å². The topological polar surface area (TPSA) is 452 Å². The number of benzene rings is 2. The van der Waals surface area contributed by atoms with Gasteiger partial charge in [-0.1, -0.05) is 42.5 Å². The van der Waals surface area contributed by atoms with E-state index in [1.54, 1.807) is 30.3 Å². The van der Waals surface area contributed by atoms with Gasteiger partial charge in [-0.05, 0) is 23.3 Å². The van der Waals surface area contributed by atoms with Crippen LogP contribution in [0, 0.1) is 0 Å². The number of nitrogens with one attached hydrogen (secondary N) is 6. The zero-order chi connectivity index (χ0) is 49.9. The lowest BCUT2D eigenvalue weighted by Crippen LogP contribution is -2.78. The van der Waals surface area contributed by atoms with E-state index < -0.39 is 153 Å². The lowest BCUT2D eigenvalue weighted by molar-refractivity contribution is -0.264. The van der Waals surface area contributed by atoms with Crippen LogP contribution >= 0.6 is 0 Å². The van der Waals surface area contributed by atoms with Gasteiger partial charge in [-0.3, -0.25) is 34.0 Å². The quantitative estimate of drug-likeness (QED) is 0.0487. The average Bonchev–Trinajstić information content (AvgIpc) is 3.96. The molecule has 5 rings (SSSR count). The van der Waals surface area contributed by atoms with Crippen molar-refractivity contribution < 1.29 is 74.4 Å². The van der Waals surface area contributed by atoms with Crippen LogP contribution in [0.1, 0.15) is 11.1 Å². The molecule has 2 aromatic carbocycles. The first-order valence-corrected chi connectivity index (χ1v) is 21.3. The van der Waals surface area contributed by atoms with E-state index in [-0.39, 0.29) is 30.8 Å². The summed E-state index contributed by atoms with van der Waals surface area (Å²) in [7, 11) is 0. The molecule has 1 saturated heterocycles. The first-order valence-electron chi connectivity index (χ1n) is 21.3. The largest absolute Gasteiger partial charge is 0.508 e. The van der Waals surface area contributed by atoms with Gasteiger partial charge in [0.15, 0.2) is 18.1 Å². The van der Waals surface area contributed by atoms with Crippen LogP contribution in [0.25, 0.3) is 0 Å². The number of aromatic hydroxyl groups is 1. The minimum absolute atomic E-state index is 0.0424. The lowest BCUT2D eigenvalue weighted by Gasteiger charge is -2.51. The fourth-order valence-electron chi connectivity index (χ4n) is 8.00. The molecule has 0 radical (unpaired) electrons. The Bertz CT molecular complexity index is 2150.